The molecular weight excluding hydrogens is 340 g/mol. The lowest BCUT2D eigenvalue weighted by molar-refractivity contribution is -0.126. The van der Waals surface area contributed by atoms with Crippen molar-refractivity contribution in [2.75, 3.05) is 39.3 Å². The standard InChI is InChI=1S/C21H32N4O2/c1-2-10-22-20(26)18-8-13-25(14-9-18)21(27)23-11-15-24-12-7-17-5-3-4-6-19(17)16-24/h3-6,18H,2,7-16H2,1H3,(H,22,26)(H,23,27). The summed E-state index contributed by atoms with van der Waals surface area (Å²) in [4.78, 5) is 28.7. The first kappa shape index (κ1) is 19.7. The van der Waals surface area contributed by atoms with Crippen molar-refractivity contribution < 1.29 is 9.59 Å². The normalized spacial score (nSPS) is 18.0. The van der Waals surface area contributed by atoms with E-state index in [1.54, 1.807) is 0 Å². The smallest absolute Gasteiger partial charge is 0.317 e. The van der Waals surface area contributed by atoms with Crippen molar-refractivity contribution in [3.8, 4) is 0 Å². The fraction of sp³-hybridized carbons (Fsp3) is 0.619. The van der Waals surface area contributed by atoms with Crippen molar-refractivity contribution >= 4 is 11.9 Å². The summed E-state index contributed by atoms with van der Waals surface area (Å²) in [7, 11) is 0. The van der Waals surface area contributed by atoms with Crippen LogP contribution in [0.15, 0.2) is 24.3 Å². The first-order valence-electron chi connectivity index (χ1n) is 10.3. The molecule has 2 aliphatic rings. The number of likely N-dealkylation sites (tertiary alicyclic amines) is 1. The Kier molecular flexibility index (Phi) is 7.10. The third kappa shape index (κ3) is 5.45. The largest absolute Gasteiger partial charge is 0.356 e. The van der Waals surface area contributed by atoms with E-state index in [2.05, 4.69) is 46.7 Å². The zero-order valence-electron chi connectivity index (χ0n) is 16.4. The third-order valence-electron chi connectivity index (χ3n) is 5.62. The zero-order chi connectivity index (χ0) is 19.1. The number of urea groups is 1. The van der Waals surface area contributed by atoms with Gasteiger partial charge in [0, 0.05) is 51.7 Å². The second-order valence-corrected chi connectivity index (χ2v) is 7.58. The van der Waals surface area contributed by atoms with Crippen molar-refractivity contribution in [1.82, 2.24) is 20.4 Å². The molecule has 1 saturated heterocycles. The van der Waals surface area contributed by atoms with Crippen LogP contribution < -0.4 is 10.6 Å². The molecular formula is C21H32N4O2. The lowest BCUT2D eigenvalue weighted by atomic mass is 9.96. The molecule has 1 aromatic carbocycles. The van der Waals surface area contributed by atoms with Gasteiger partial charge in [-0.15, -0.1) is 0 Å². The molecule has 6 heteroatoms. The third-order valence-corrected chi connectivity index (χ3v) is 5.62. The fourth-order valence-corrected chi connectivity index (χ4v) is 3.92. The van der Waals surface area contributed by atoms with Gasteiger partial charge in [-0.25, -0.2) is 4.79 Å². The molecule has 3 rings (SSSR count). The van der Waals surface area contributed by atoms with Crippen LogP contribution in [-0.4, -0.2) is 61.0 Å². The molecule has 0 saturated carbocycles. The number of benzene rings is 1. The Bertz CT molecular complexity index is 641. The average Bonchev–Trinajstić information content (AvgIpc) is 2.72. The molecule has 0 aliphatic carbocycles. The van der Waals surface area contributed by atoms with E-state index in [0.29, 0.717) is 19.6 Å². The predicted molar refractivity (Wildman–Crippen MR) is 106 cm³/mol. The maximum Gasteiger partial charge on any atom is 0.317 e. The topological polar surface area (TPSA) is 64.7 Å². The number of nitrogens with zero attached hydrogens (tertiary/aromatic N) is 2. The van der Waals surface area contributed by atoms with Gasteiger partial charge >= 0.3 is 6.03 Å². The summed E-state index contributed by atoms with van der Waals surface area (Å²) in [5.41, 5.74) is 2.85. The van der Waals surface area contributed by atoms with Crippen molar-refractivity contribution in [3.05, 3.63) is 35.4 Å². The van der Waals surface area contributed by atoms with Gasteiger partial charge in [0.15, 0.2) is 0 Å². The van der Waals surface area contributed by atoms with Crippen molar-refractivity contribution in [2.24, 2.45) is 5.92 Å². The summed E-state index contributed by atoms with van der Waals surface area (Å²) in [6.45, 7) is 7.65. The minimum absolute atomic E-state index is 0.000161. The van der Waals surface area contributed by atoms with Gasteiger partial charge in [0.05, 0.1) is 0 Å². The molecule has 6 nitrogen and oxygen atoms in total. The monoisotopic (exact) mass is 372 g/mol. The highest BCUT2D eigenvalue weighted by Gasteiger charge is 2.27. The van der Waals surface area contributed by atoms with E-state index in [-0.39, 0.29) is 17.9 Å². The van der Waals surface area contributed by atoms with Gasteiger partial charge in [0.1, 0.15) is 0 Å². The molecule has 2 aliphatic heterocycles. The van der Waals surface area contributed by atoms with Crippen LogP contribution in [-0.2, 0) is 17.8 Å². The first-order valence-corrected chi connectivity index (χ1v) is 10.3. The summed E-state index contributed by atoms with van der Waals surface area (Å²) in [6.07, 6.45) is 3.55. The van der Waals surface area contributed by atoms with E-state index < -0.39 is 0 Å². The predicted octanol–water partition coefficient (Wildman–Crippen LogP) is 1.99. The maximum absolute atomic E-state index is 12.4. The van der Waals surface area contributed by atoms with Gasteiger partial charge in [-0.3, -0.25) is 9.69 Å². The molecule has 0 atom stereocenters. The Morgan fingerprint density at radius 3 is 2.52 bits per heavy atom. The van der Waals surface area contributed by atoms with Crippen LogP contribution >= 0.6 is 0 Å². The van der Waals surface area contributed by atoms with Crippen molar-refractivity contribution in [2.45, 2.75) is 39.2 Å². The first-order chi connectivity index (χ1) is 13.2. The minimum atomic E-state index is -0.000161. The van der Waals surface area contributed by atoms with E-state index in [0.717, 1.165) is 51.9 Å². The number of piperidine rings is 1. The number of carbonyl (C=O) groups excluding carboxylic acids is 2. The SMILES string of the molecule is CCCNC(=O)C1CCN(C(=O)NCCN2CCc3ccccc3C2)CC1. The molecule has 3 amide bonds. The van der Waals surface area contributed by atoms with Crippen molar-refractivity contribution in [3.63, 3.8) is 0 Å². The van der Waals surface area contributed by atoms with E-state index >= 15 is 0 Å². The molecule has 1 fully saturated rings. The lowest BCUT2D eigenvalue weighted by Crippen LogP contribution is -2.48. The lowest BCUT2D eigenvalue weighted by Gasteiger charge is -2.32. The van der Waals surface area contributed by atoms with Gasteiger partial charge in [-0.2, -0.15) is 0 Å². The highest BCUT2D eigenvalue weighted by Crippen LogP contribution is 2.18. The molecule has 0 radical (unpaired) electrons. The summed E-state index contributed by atoms with van der Waals surface area (Å²) in [5, 5.41) is 6.01. The van der Waals surface area contributed by atoms with Crippen LogP contribution in [0.4, 0.5) is 4.79 Å². The van der Waals surface area contributed by atoms with E-state index in [9.17, 15) is 9.59 Å². The highest BCUT2D eigenvalue weighted by molar-refractivity contribution is 5.79. The van der Waals surface area contributed by atoms with Crippen LogP contribution in [0.2, 0.25) is 0 Å². The van der Waals surface area contributed by atoms with Crippen LogP contribution in [0.3, 0.4) is 0 Å². The summed E-state index contributed by atoms with van der Waals surface area (Å²) in [5.74, 6) is 0.191. The number of fused-ring (bicyclic) bond motifs is 1. The molecule has 0 aromatic heterocycles. The molecule has 0 spiro atoms. The number of nitrogens with one attached hydrogen (secondary N) is 2. The Labute approximate surface area is 162 Å². The number of rotatable bonds is 6. The zero-order valence-corrected chi connectivity index (χ0v) is 16.4. The van der Waals surface area contributed by atoms with Crippen LogP contribution in [0, 0.1) is 5.92 Å². The van der Waals surface area contributed by atoms with Gasteiger partial charge in [-0.05, 0) is 36.8 Å². The highest BCUT2D eigenvalue weighted by atomic mass is 16.2. The molecule has 2 N–H and O–H groups in total. The van der Waals surface area contributed by atoms with E-state index in [1.807, 2.05) is 4.90 Å². The fourth-order valence-electron chi connectivity index (χ4n) is 3.92. The van der Waals surface area contributed by atoms with Gasteiger partial charge in [0.25, 0.3) is 0 Å². The minimum Gasteiger partial charge on any atom is -0.356 e. The molecule has 0 unspecified atom stereocenters. The van der Waals surface area contributed by atoms with Crippen LogP contribution in [0.5, 0.6) is 0 Å². The number of hydrogen-bond donors (Lipinski definition) is 2. The summed E-state index contributed by atoms with van der Waals surface area (Å²) >= 11 is 0. The van der Waals surface area contributed by atoms with Gasteiger partial charge < -0.3 is 15.5 Å². The molecule has 27 heavy (non-hydrogen) atoms. The molecule has 2 heterocycles. The molecule has 148 valence electrons. The summed E-state index contributed by atoms with van der Waals surface area (Å²) < 4.78 is 0. The molecule has 0 bridgehead atoms. The van der Waals surface area contributed by atoms with Gasteiger partial charge in [-0.1, -0.05) is 31.2 Å². The second kappa shape index (κ2) is 9.74. The Morgan fingerprint density at radius 1 is 1.04 bits per heavy atom. The second-order valence-electron chi connectivity index (χ2n) is 7.58. The Morgan fingerprint density at radius 2 is 1.78 bits per heavy atom. The van der Waals surface area contributed by atoms with Crippen LogP contribution in [0.25, 0.3) is 0 Å². The van der Waals surface area contributed by atoms with Gasteiger partial charge in [0.2, 0.25) is 5.91 Å². The van der Waals surface area contributed by atoms with E-state index in [1.165, 1.54) is 11.1 Å². The Hall–Kier alpha value is -2.08. The number of amides is 3. The Balaban J connectivity index is 1.34. The summed E-state index contributed by atoms with van der Waals surface area (Å²) in [6, 6.07) is 8.60. The number of carbonyl (C=O) groups is 2. The quantitative estimate of drug-likeness (QED) is 0.803. The average molecular weight is 373 g/mol. The maximum atomic E-state index is 12.4. The van der Waals surface area contributed by atoms with Crippen molar-refractivity contribution in [1.29, 1.82) is 0 Å². The van der Waals surface area contributed by atoms with Crippen LogP contribution in [0.1, 0.15) is 37.3 Å². The molecule has 1 aromatic rings. The number of hydrogen-bond acceptors (Lipinski definition) is 3. The van der Waals surface area contributed by atoms with E-state index in [4.69, 9.17) is 0 Å².